The van der Waals surface area contributed by atoms with Crippen LogP contribution in [-0.2, 0) is 13.2 Å². The Morgan fingerprint density at radius 2 is 2.04 bits per heavy atom. The molecule has 3 aromatic rings. The van der Waals surface area contributed by atoms with E-state index < -0.39 is 11.7 Å². The van der Waals surface area contributed by atoms with Crippen molar-refractivity contribution in [1.29, 1.82) is 5.26 Å². The average molecular weight is 347 g/mol. The van der Waals surface area contributed by atoms with Crippen molar-refractivity contribution in [3.8, 4) is 6.07 Å². The molecule has 10 heteroatoms. The standard InChI is InChI=1S/C15H12F3N7/c1-20-13-10(15(16,17)18)7-21-14(23-13)22-8-3-4-9-11(6-19)24-25(2)12(9)5-8/h3-5,7H,1-2H3,(H2,20,21,22,23). The summed E-state index contributed by atoms with van der Waals surface area (Å²) in [6.45, 7) is 0. The first-order valence-electron chi connectivity index (χ1n) is 7.09. The number of aryl methyl sites for hydroxylation is 1. The lowest BCUT2D eigenvalue weighted by Gasteiger charge is -2.13. The van der Waals surface area contributed by atoms with Crippen molar-refractivity contribution in [3.63, 3.8) is 0 Å². The molecule has 25 heavy (non-hydrogen) atoms. The molecule has 0 saturated heterocycles. The summed E-state index contributed by atoms with van der Waals surface area (Å²) in [4.78, 5) is 7.56. The summed E-state index contributed by atoms with van der Waals surface area (Å²) >= 11 is 0. The van der Waals surface area contributed by atoms with Gasteiger partial charge in [0.1, 0.15) is 17.5 Å². The molecule has 0 atom stereocenters. The van der Waals surface area contributed by atoms with E-state index in [0.29, 0.717) is 22.3 Å². The summed E-state index contributed by atoms with van der Waals surface area (Å²) in [5.41, 5.74) is 0.609. The van der Waals surface area contributed by atoms with Gasteiger partial charge in [-0.15, -0.1) is 0 Å². The van der Waals surface area contributed by atoms with Gasteiger partial charge in [-0.2, -0.15) is 28.5 Å². The first kappa shape index (κ1) is 16.5. The number of hydrogen-bond acceptors (Lipinski definition) is 6. The van der Waals surface area contributed by atoms with Gasteiger partial charge in [0, 0.05) is 31.4 Å². The van der Waals surface area contributed by atoms with Gasteiger partial charge in [-0.05, 0) is 18.2 Å². The Balaban J connectivity index is 1.96. The zero-order chi connectivity index (χ0) is 18.2. The Hall–Kier alpha value is -3.35. The molecule has 0 aliphatic carbocycles. The van der Waals surface area contributed by atoms with Crippen molar-refractivity contribution in [2.24, 2.45) is 7.05 Å². The molecular formula is C15H12F3N7. The van der Waals surface area contributed by atoms with E-state index in [-0.39, 0.29) is 11.8 Å². The largest absolute Gasteiger partial charge is 0.421 e. The Labute approximate surface area is 140 Å². The highest BCUT2D eigenvalue weighted by molar-refractivity contribution is 5.87. The fourth-order valence-corrected chi connectivity index (χ4v) is 2.39. The van der Waals surface area contributed by atoms with Crippen LogP contribution in [0.2, 0.25) is 0 Å². The Morgan fingerprint density at radius 1 is 1.28 bits per heavy atom. The summed E-state index contributed by atoms with van der Waals surface area (Å²) in [6.07, 6.45) is -3.82. The van der Waals surface area contributed by atoms with Gasteiger partial charge < -0.3 is 10.6 Å². The molecule has 2 aromatic heterocycles. The zero-order valence-electron chi connectivity index (χ0n) is 13.2. The van der Waals surface area contributed by atoms with Gasteiger partial charge >= 0.3 is 6.18 Å². The normalized spacial score (nSPS) is 11.4. The molecule has 0 aliphatic rings. The van der Waals surface area contributed by atoms with E-state index >= 15 is 0 Å². The van der Waals surface area contributed by atoms with E-state index in [1.54, 1.807) is 29.9 Å². The molecule has 0 radical (unpaired) electrons. The SMILES string of the molecule is CNc1nc(Nc2ccc3c(C#N)nn(C)c3c2)ncc1C(F)(F)F. The highest BCUT2D eigenvalue weighted by Gasteiger charge is 2.35. The number of anilines is 3. The number of nitriles is 1. The molecule has 0 bridgehead atoms. The first-order valence-corrected chi connectivity index (χ1v) is 7.09. The maximum absolute atomic E-state index is 12.9. The molecule has 1 aromatic carbocycles. The number of alkyl halides is 3. The van der Waals surface area contributed by atoms with Crippen LogP contribution in [0.4, 0.5) is 30.6 Å². The predicted molar refractivity (Wildman–Crippen MR) is 85.3 cm³/mol. The molecule has 0 fully saturated rings. The van der Waals surface area contributed by atoms with E-state index in [4.69, 9.17) is 5.26 Å². The van der Waals surface area contributed by atoms with Crippen LogP contribution in [0.3, 0.4) is 0 Å². The Bertz CT molecular complexity index is 985. The van der Waals surface area contributed by atoms with E-state index in [1.165, 1.54) is 7.05 Å². The average Bonchev–Trinajstić information content (AvgIpc) is 2.89. The lowest BCUT2D eigenvalue weighted by atomic mass is 10.2. The molecule has 0 unspecified atom stereocenters. The van der Waals surface area contributed by atoms with Crippen molar-refractivity contribution < 1.29 is 13.2 Å². The zero-order valence-corrected chi connectivity index (χ0v) is 13.2. The number of rotatable bonds is 3. The predicted octanol–water partition coefficient (Wildman–Crippen LogP) is 3.04. The number of fused-ring (bicyclic) bond motifs is 1. The topological polar surface area (TPSA) is 91.5 Å². The fraction of sp³-hybridized carbons (Fsp3) is 0.200. The summed E-state index contributed by atoms with van der Waals surface area (Å²) in [6, 6.07) is 7.09. The minimum Gasteiger partial charge on any atom is -0.372 e. The van der Waals surface area contributed by atoms with Gasteiger partial charge in [-0.3, -0.25) is 4.68 Å². The van der Waals surface area contributed by atoms with E-state index in [9.17, 15) is 13.2 Å². The second kappa shape index (κ2) is 5.94. The minimum absolute atomic E-state index is 0.0133. The van der Waals surface area contributed by atoms with Crippen molar-refractivity contribution >= 4 is 28.4 Å². The minimum atomic E-state index is -4.54. The first-order chi connectivity index (χ1) is 11.8. The molecule has 0 amide bonds. The van der Waals surface area contributed by atoms with Crippen LogP contribution in [0.5, 0.6) is 0 Å². The molecular weight excluding hydrogens is 335 g/mol. The lowest BCUT2D eigenvalue weighted by molar-refractivity contribution is -0.137. The van der Waals surface area contributed by atoms with Crippen molar-refractivity contribution in [3.05, 3.63) is 35.7 Å². The van der Waals surface area contributed by atoms with Crippen molar-refractivity contribution in [2.75, 3.05) is 17.7 Å². The lowest BCUT2D eigenvalue weighted by Crippen LogP contribution is -2.12. The third kappa shape index (κ3) is 3.03. The van der Waals surface area contributed by atoms with Crippen LogP contribution in [0.25, 0.3) is 10.9 Å². The summed E-state index contributed by atoms with van der Waals surface area (Å²) < 4.78 is 40.2. The second-order valence-corrected chi connectivity index (χ2v) is 5.14. The molecule has 0 spiro atoms. The van der Waals surface area contributed by atoms with Crippen LogP contribution in [0.15, 0.2) is 24.4 Å². The van der Waals surface area contributed by atoms with Crippen LogP contribution in [-0.4, -0.2) is 26.8 Å². The quantitative estimate of drug-likeness (QED) is 0.757. The number of aromatic nitrogens is 4. The van der Waals surface area contributed by atoms with E-state index in [2.05, 4.69) is 25.7 Å². The molecule has 0 aliphatic heterocycles. The third-order valence-electron chi connectivity index (χ3n) is 3.54. The second-order valence-electron chi connectivity index (χ2n) is 5.14. The van der Waals surface area contributed by atoms with E-state index in [0.717, 1.165) is 6.20 Å². The highest BCUT2D eigenvalue weighted by atomic mass is 19.4. The van der Waals surface area contributed by atoms with Gasteiger partial charge in [0.25, 0.3) is 0 Å². The Morgan fingerprint density at radius 3 is 2.68 bits per heavy atom. The summed E-state index contributed by atoms with van der Waals surface area (Å²) in [7, 11) is 3.05. The summed E-state index contributed by atoms with van der Waals surface area (Å²) in [5.74, 6) is -0.308. The maximum atomic E-state index is 12.9. The van der Waals surface area contributed by atoms with Gasteiger partial charge in [-0.25, -0.2) is 4.98 Å². The fourth-order valence-electron chi connectivity index (χ4n) is 2.39. The monoisotopic (exact) mass is 347 g/mol. The van der Waals surface area contributed by atoms with Gasteiger partial charge in [0.05, 0.1) is 5.52 Å². The number of nitrogens with one attached hydrogen (secondary N) is 2. The van der Waals surface area contributed by atoms with Crippen LogP contribution < -0.4 is 10.6 Å². The number of halogens is 3. The van der Waals surface area contributed by atoms with Gasteiger partial charge in [0.15, 0.2) is 5.69 Å². The van der Waals surface area contributed by atoms with Crippen molar-refractivity contribution in [2.45, 2.75) is 6.18 Å². The Kier molecular flexibility index (Phi) is 3.92. The highest BCUT2D eigenvalue weighted by Crippen LogP contribution is 2.34. The summed E-state index contributed by atoms with van der Waals surface area (Å²) in [5, 5.41) is 19.1. The van der Waals surface area contributed by atoms with E-state index in [1.807, 2.05) is 6.07 Å². The van der Waals surface area contributed by atoms with Gasteiger partial charge in [-0.1, -0.05) is 0 Å². The molecule has 2 heterocycles. The maximum Gasteiger partial charge on any atom is 0.421 e. The van der Waals surface area contributed by atoms with Crippen LogP contribution in [0, 0.1) is 11.3 Å². The third-order valence-corrected chi connectivity index (χ3v) is 3.54. The van der Waals surface area contributed by atoms with Crippen molar-refractivity contribution in [1.82, 2.24) is 19.7 Å². The molecule has 3 rings (SSSR count). The van der Waals surface area contributed by atoms with Crippen LogP contribution in [0.1, 0.15) is 11.3 Å². The molecule has 7 nitrogen and oxygen atoms in total. The van der Waals surface area contributed by atoms with Gasteiger partial charge in [0.2, 0.25) is 5.95 Å². The molecule has 128 valence electrons. The number of nitrogens with zero attached hydrogens (tertiary/aromatic N) is 5. The molecule has 0 saturated carbocycles. The smallest absolute Gasteiger partial charge is 0.372 e. The number of hydrogen-bond donors (Lipinski definition) is 2. The van der Waals surface area contributed by atoms with Crippen LogP contribution >= 0.6 is 0 Å². The number of benzene rings is 1. The molecule has 2 N–H and O–H groups in total.